The smallest absolute Gasteiger partial charge is 0.129 e. The monoisotopic (exact) mass is 282 g/mol. The molecule has 1 fully saturated rings. The van der Waals surface area contributed by atoms with Gasteiger partial charge in [-0.3, -0.25) is 0 Å². The van der Waals surface area contributed by atoms with Gasteiger partial charge in [0.1, 0.15) is 5.82 Å². The number of pyridine rings is 1. The van der Waals surface area contributed by atoms with Crippen LogP contribution in [0.4, 0.5) is 5.82 Å². The van der Waals surface area contributed by atoms with E-state index < -0.39 is 0 Å². The Morgan fingerprint density at radius 2 is 2.32 bits per heavy atom. The number of nitrogens with zero attached hydrogens (tertiary/aromatic N) is 2. The average Bonchev–Trinajstić information content (AvgIpc) is 2.88. The highest BCUT2D eigenvalue weighted by Gasteiger charge is 2.23. The van der Waals surface area contributed by atoms with Crippen molar-refractivity contribution >= 4 is 17.4 Å². The number of aryl methyl sites for hydroxylation is 1. The van der Waals surface area contributed by atoms with Gasteiger partial charge in [-0.05, 0) is 30.5 Å². The zero-order chi connectivity index (χ0) is 13.7. The summed E-state index contributed by atoms with van der Waals surface area (Å²) in [5, 5.41) is 0. The third-order valence-corrected chi connectivity index (χ3v) is 3.91. The number of rotatable bonds is 6. The van der Waals surface area contributed by atoms with Gasteiger partial charge >= 0.3 is 0 Å². The highest BCUT2D eigenvalue weighted by atomic mass is 35.5. The molecule has 0 aromatic carbocycles. The Balaban J connectivity index is 2.12. The van der Waals surface area contributed by atoms with Crippen LogP contribution in [0.1, 0.15) is 31.0 Å². The predicted octanol–water partition coefficient (Wildman–Crippen LogP) is 3.25. The van der Waals surface area contributed by atoms with Crippen LogP contribution >= 0.6 is 11.6 Å². The number of anilines is 1. The molecule has 1 unspecified atom stereocenters. The maximum Gasteiger partial charge on any atom is 0.129 e. The standard InChI is InChI=1S/C15H23ClN2O/c1-3-4-14-7-13(9-16)8-15(17-14)18-6-5-12(10-18)11-19-2/h7-8,12H,3-6,9-11H2,1-2H3. The summed E-state index contributed by atoms with van der Waals surface area (Å²) in [5.41, 5.74) is 2.33. The number of ether oxygens (including phenoxy) is 1. The first-order chi connectivity index (χ1) is 9.26. The molecule has 106 valence electrons. The van der Waals surface area contributed by atoms with Crippen molar-refractivity contribution in [1.29, 1.82) is 0 Å². The molecule has 0 saturated carbocycles. The molecular weight excluding hydrogens is 260 g/mol. The number of alkyl halides is 1. The number of hydrogen-bond donors (Lipinski definition) is 0. The van der Waals surface area contributed by atoms with Crippen molar-refractivity contribution in [1.82, 2.24) is 4.98 Å². The Bertz CT molecular complexity index is 411. The first-order valence-electron chi connectivity index (χ1n) is 7.06. The first kappa shape index (κ1) is 14.6. The van der Waals surface area contributed by atoms with E-state index in [1.807, 2.05) is 0 Å². The fourth-order valence-electron chi connectivity index (χ4n) is 2.67. The molecule has 1 aliphatic rings. The molecule has 1 aromatic rings. The fraction of sp³-hybridized carbons (Fsp3) is 0.667. The van der Waals surface area contributed by atoms with Crippen LogP contribution in [-0.2, 0) is 17.0 Å². The van der Waals surface area contributed by atoms with Gasteiger partial charge in [-0.15, -0.1) is 11.6 Å². The summed E-state index contributed by atoms with van der Waals surface area (Å²) in [5.74, 6) is 2.27. The second kappa shape index (κ2) is 7.11. The molecule has 1 aliphatic heterocycles. The minimum atomic E-state index is 0.557. The summed E-state index contributed by atoms with van der Waals surface area (Å²) in [6.45, 7) is 5.13. The summed E-state index contributed by atoms with van der Waals surface area (Å²) in [4.78, 5) is 7.13. The molecule has 0 spiro atoms. The van der Waals surface area contributed by atoms with Crippen LogP contribution in [0, 0.1) is 5.92 Å². The zero-order valence-corrected chi connectivity index (χ0v) is 12.6. The van der Waals surface area contributed by atoms with Crippen LogP contribution in [-0.4, -0.2) is 31.8 Å². The highest BCUT2D eigenvalue weighted by molar-refractivity contribution is 6.17. The van der Waals surface area contributed by atoms with E-state index in [0.717, 1.165) is 44.0 Å². The molecule has 3 nitrogen and oxygen atoms in total. The summed E-state index contributed by atoms with van der Waals surface area (Å²) in [6, 6.07) is 4.25. The Kier molecular flexibility index (Phi) is 5.46. The van der Waals surface area contributed by atoms with E-state index in [0.29, 0.717) is 11.8 Å². The number of hydrogen-bond acceptors (Lipinski definition) is 3. The topological polar surface area (TPSA) is 25.4 Å². The van der Waals surface area contributed by atoms with E-state index in [9.17, 15) is 0 Å². The molecule has 1 atom stereocenters. The molecule has 0 amide bonds. The minimum Gasteiger partial charge on any atom is -0.384 e. The van der Waals surface area contributed by atoms with Crippen molar-refractivity contribution in [2.24, 2.45) is 5.92 Å². The molecule has 1 aromatic heterocycles. The lowest BCUT2D eigenvalue weighted by atomic mass is 10.1. The lowest BCUT2D eigenvalue weighted by molar-refractivity contribution is 0.161. The Labute approximate surface area is 120 Å². The van der Waals surface area contributed by atoms with Gasteiger partial charge in [0.25, 0.3) is 0 Å². The molecule has 0 aliphatic carbocycles. The third kappa shape index (κ3) is 3.83. The lowest BCUT2D eigenvalue weighted by Gasteiger charge is -2.19. The third-order valence-electron chi connectivity index (χ3n) is 3.60. The van der Waals surface area contributed by atoms with Gasteiger partial charge in [-0.2, -0.15) is 0 Å². The SMILES string of the molecule is CCCc1cc(CCl)cc(N2CCC(COC)C2)n1. The van der Waals surface area contributed by atoms with Gasteiger partial charge in [0, 0.05) is 37.7 Å². The van der Waals surface area contributed by atoms with Crippen LogP contribution in [0.3, 0.4) is 0 Å². The number of methoxy groups -OCH3 is 1. The fourth-order valence-corrected chi connectivity index (χ4v) is 2.82. The summed E-state index contributed by atoms with van der Waals surface area (Å²) < 4.78 is 5.25. The van der Waals surface area contributed by atoms with Crippen molar-refractivity contribution in [3.8, 4) is 0 Å². The van der Waals surface area contributed by atoms with E-state index in [1.165, 1.54) is 12.0 Å². The Morgan fingerprint density at radius 1 is 1.47 bits per heavy atom. The van der Waals surface area contributed by atoms with E-state index in [1.54, 1.807) is 7.11 Å². The largest absolute Gasteiger partial charge is 0.384 e. The molecular formula is C15H23ClN2O. The second-order valence-corrected chi connectivity index (χ2v) is 5.53. The summed E-state index contributed by atoms with van der Waals surface area (Å²) >= 11 is 5.99. The van der Waals surface area contributed by atoms with Gasteiger partial charge in [-0.1, -0.05) is 13.3 Å². The molecule has 0 N–H and O–H groups in total. The van der Waals surface area contributed by atoms with Gasteiger partial charge in [0.2, 0.25) is 0 Å². The Morgan fingerprint density at radius 3 is 3.00 bits per heavy atom. The van der Waals surface area contributed by atoms with Crippen LogP contribution in [0.15, 0.2) is 12.1 Å². The van der Waals surface area contributed by atoms with Crippen molar-refractivity contribution in [2.75, 3.05) is 31.7 Å². The molecule has 4 heteroatoms. The quantitative estimate of drug-likeness (QED) is 0.749. The maximum absolute atomic E-state index is 5.99. The van der Waals surface area contributed by atoms with Crippen LogP contribution < -0.4 is 4.90 Å². The lowest BCUT2D eigenvalue weighted by Crippen LogP contribution is -2.22. The Hall–Kier alpha value is -0.800. The van der Waals surface area contributed by atoms with E-state index >= 15 is 0 Å². The van der Waals surface area contributed by atoms with Gasteiger partial charge in [0.15, 0.2) is 0 Å². The van der Waals surface area contributed by atoms with Gasteiger partial charge in [0.05, 0.1) is 6.61 Å². The van der Waals surface area contributed by atoms with Crippen LogP contribution in [0.5, 0.6) is 0 Å². The van der Waals surface area contributed by atoms with Gasteiger partial charge in [-0.25, -0.2) is 4.98 Å². The predicted molar refractivity (Wildman–Crippen MR) is 80.0 cm³/mol. The maximum atomic E-state index is 5.99. The summed E-state index contributed by atoms with van der Waals surface area (Å²) in [7, 11) is 1.77. The van der Waals surface area contributed by atoms with Crippen molar-refractivity contribution in [3.05, 3.63) is 23.4 Å². The normalized spacial score (nSPS) is 19.1. The zero-order valence-electron chi connectivity index (χ0n) is 11.9. The van der Waals surface area contributed by atoms with Crippen molar-refractivity contribution in [2.45, 2.75) is 32.1 Å². The number of halogens is 1. The van der Waals surface area contributed by atoms with E-state index in [-0.39, 0.29) is 0 Å². The molecule has 0 bridgehead atoms. The number of aromatic nitrogens is 1. The molecule has 0 radical (unpaired) electrons. The summed E-state index contributed by atoms with van der Waals surface area (Å²) in [6.07, 6.45) is 3.32. The molecule has 19 heavy (non-hydrogen) atoms. The van der Waals surface area contributed by atoms with Crippen molar-refractivity contribution < 1.29 is 4.74 Å². The van der Waals surface area contributed by atoms with Crippen LogP contribution in [0.25, 0.3) is 0 Å². The average molecular weight is 283 g/mol. The van der Waals surface area contributed by atoms with Crippen LogP contribution in [0.2, 0.25) is 0 Å². The molecule has 1 saturated heterocycles. The van der Waals surface area contributed by atoms with E-state index in [4.69, 9.17) is 21.3 Å². The highest BCUT2D eigenvalue weighted by Crippen LogP contribution is 2.24. The molecule has 2 heterocycles. The van der Waals surface area contributed by atoms with Gasteiger partial charge < -0.3 is 9.64 Å². The van der Waals surface area contributed by atoms with E-state index in [2.05, 4.69) is 24.0 Å². The first-order valence-corrected chi connectivity index (χ1v) is 7.60. The van der Waals surface area contributed by atoms with Crippen molar-refractivity contribution in [3.63, 3.8) is 0 Å². The molecule has 2 rings (SSSR count). The minimum absolute atomic E-state index is 0.557. The second-order valence-electron chi connectivity index (χ2n) is 5.26.